The number of benzene rings is 2. The Morgan fingerprint density at radius 2 is 1.82 bits per heavy atom. The van der Waals surface area contributed by atoms with Crippen LogP contribution in [0.2, 0.25) is 0 Å². The molecule has 0 unspecified atom stereocenters. The standard InChI is InChI=1S/C18H16N2O2/c1-12-10-20(11-19-12)17-9-15(14-6-4-3-5-7-14)8-16(13(17)2)18(21)22/h3-11H,1-2H3,(H,21,22). The molecule has 3 aromatic rings. The molecule has 1 N–H and O–H groups in total. The van der Waals surface area contributed by atoms with Crippen LogP contribution in [-0.2, 0) is 0 Å². The normalized spacial score (nSPS) is 10.6. The maximum atomic E-state index is 11.6. The van der Waals surface area contributed by atoms with E-state index in [1.165, 1.54) is 0 Å². The molecule has 2 aromatic carbocycles. The predicted molar refractivity (Wildman–Crippen MR) is 85.4 cm³/mol. The predicted octanol–water partition coefficient (Wildman–Crippen LogP) is 3.85. The van der Waals surface area contributed by atoms with E-state index in [0.29, 0.717) is 5.56 Å². The van der Waals surface area contributed by atoms with E-state index in [4.69, 9.17) is 0 Å². The average Bonchev–Trinajstić information content (AvgIpc) is 2.94. The van der Waals surface area contributed by atoms with Crippen molar-refractivity contribution in [1.29, 1.82) is 0 Å². The minimum atomic E-state index is -0.923. The number of carbonyl (C=O) groups is 1. The van der Waals surface area contributed by atoms with Crippen molar-refractivity contribution in [2.24, 2.45) is 0 Å². The summed E-state index contributed by atoms with van der Waals surface area (Å²) in [5.74, 6) is -0.923. The highest BCUT2D eigenvalue weighted by Crippen LogP contribution is 2.28. The third-order valence-electron chi connectivity index (χ3n) is 3.71. The molecule has 1 heterocycles. The molecule has 0 fully saturated rings. The zero-order valence-corrected chi connectivity index (χ0v) is 12.4. The molecule has 0 radical (unpaired) electrons. The highest BCUT2D eigenvalue weighted by molar-refractivity contribution is 5.92. The third-order valence-corrected chi connectivity index (χ3v) is 3.71. The summed E-state index contributed by atoms with van der Waals surface area (Å²) in [6.07, 6.45) is 3.60. The van der Waals surface area contributed by atoms with Gasteiger partial charge in [-0.3, -0.25) is 0 Å². The van der Waals surface area contributed by atoms with Crippen molar-refractivity contribution in [1.82, 2.24) is 9.55 Å². The highest BCUT2D eigenvalue weighted by Gasteiger charge is 2.15. The highest BCUT2D eigenvalue weighted by atomic mass is 16.4. The second-order valence-electron chi connectivity index (χ2n) is 5.26. The zero-order valence-electron chi connectivity index (χ0n) is 12.4. The van der Waals surface area contributed by atoms with Gasteiger partial charge < -0.3 is 9.67 Å². The van der Waals surface area contributed by atoms with E-state index in [-0.39, 0.29) is 0 Å². The van der Waals surface area contributed by atoms with Gasteiger partial charge in [-0.15, -0.1) is 0 Å². The molecule has 1 aromatic heterocycles. The molecule has 0 saturated carbocycles. The SMILES string of the molecule is Cc1cn(-c2cc(-c3ccccc3)cc(C(=O)O)c2C)cn1. The topological polar surface area (TPSA) is 55.1 Å². The first-order valence-corrected chi connectivity index (χ1v) is 7.00. The van der Waals surface area contributed by atoms with Crippen molar-refractivity contribution < 1.29 is 9.90 Å². The Hall–Kier alpha value is -2.88. The number of imidazole rings is 1. The van der Waals surface area contributed by atoms with Gasteiger partial charge in [0, 0.05) is 6.20 Å². The van der Waals surface area contributed by atoms with E-state index in [9.17, 15) is 9.90 Å². The van der Waals surface area contributed by atoms with Gasteiger partial charge in [-0.1, -0.05) is 30.3 Å². The van der Waals surface area contributed by atoms with Crippen LogP contribution in [-0.4, -0.2) is 20.6 Å². The van der Waals surface area contributed by atoms with E-state index >= 15 is 0 Å². The van der Waals surface area contributed by atoms with Gasteiger partial charge in [-0.05, 0) is 42.7 Å². The van der Waals surface area contributed by atoms with Crippen LogP contribution in [0.25, 0.3) is 16.8 Å². The van der Waals surface area contributed by atoms with Crippen molar-refractivity contribution in [2.45, 2.75) is 13.8 Å². The lowest BCUT2D eigenvalue weighted by atomic mass is 9.98. The first-order chi connectivity index (χ1) is 10.6. The van der Waals surface area contributed by atoms with Crippen molar-refractivity contribution in [2.75, 3.05) is 0 Å². The van der Waals surface area contributed by atoms with Crippen LogP contribution in [0.15, 0.2) is 55.0 Å². The minimum absolute atomic E-state index is 0.308. The van der Waals surface area contributed by atoms with Crippen molar-refractivity contribution in [3.05, 3.63) is 71.8 Å². The molecule has 22 heavy (non-hydrogen) atoms. The summed E-state index contributed by atoms with van der Waals surface area (Å²) in [5.41, 5.74) is 4.63. The lowest BCUT2D eigenvalue weighted by Gasteiger charge is -2.13. The van der Waals surface area contributed by atoms with Gasteiger partial charge in [-0.25, -0.2) is 9.78 Å². The van der Waals surface area contributed by atoms with Crippen LogP contribution < -0.4 is 0 Å². The molecule has 3 rings (SSSR count). The molecule has 0 saturated heterocycles. The van der Waals surface area contributed by atoms with Crippen LogP contribution in [0, 0.1) is 13.8 Å². The number of aryl methyl sites for hydroxylation is 1. The Morgan fingerprint density at radius 1 is 1.09 bits per heavy atom. The van der Waals surface area contributed by atoms with Crippen LogP contribution in [0.3, 0.4) is 0 Å². The first-order valence-electron chi connectivity index (χ1n) is 7.00. The van der Waals surface area contributed by atoms with Gasteiger partial charge in [0.05, 0.1) is 23.3 Å². The van der Waals surface area contributed by atoms with E-state index in [2.05, 4.69) is 4.98 Å². The number of hydrogen-bond acceptors (Lipinski definition) is 2. The molecule has 0 bridgehead atoms. The molecule has 0 amide bonds. The smallest absolute Gasteiger partial charge is 0.336 e. The van der Waals surface area contributed by atoms with Gasteiger partial charge in [0.15, 0.2) is 0 Å². The maximum Gasteiger partial charge on any atom is 0.336 e. The zero-order chi connectivity index (χ0) is 15.7. The fourth-order valence-electron chi connectivity index (χ4n) is 2.54. The summed E-state index contributed by atoms with van der Waals surface area (Å²) < 4.78 is 1.86. The van der Waals surface area contributed by atoms with Crippen LogP contribution in [0.5, 0.6) is 0 Å². The average molecular weight is 292 g/mol. The Labute approximate surface area is 128 Å². The molecule has 110 valence electrons. The van der Waals surface area contributed by atoms with Gasteiger partial charge in [0.2, 0.25) is 0 Å². The lowest BCUT2D eigenvalue weighted by molar-refractivity contribution is 0.0696. The van der Waals surface area contributed by atoms with Crippen molar-refractivity contribution in [3.8, 4) is 16.8 Å². The molecule has 0 atom stereocenters. The Morgan fingerprint density at radius 3 is 2.41 bits per heavy atom. The van der Waals surface area contributed by atoms with Gasteiger partial charge >= 0.3 is 5.97 Å². The molecule has 0 aliphatic heterocycles. The second-order valence-corrected chi connectivity index (χ2v) is 5.26. The quantitative estimate of drug-likeness (QED) is 0.797. The molecule has 4 nitrogen and oxygen atoms in total. The van der Waals surface area contributed by atoms with Crippen LogP contribution in [0.1, 0.15) is 21.6 Å². The fraction of sp³-hybridized carbons (Fsp3) is 0.111. The summed E-state index contributed by atoms with van der Waals surface area (Å²) in [4.78, 5) is 15.8. The van der Waals surface area contributed by atoms with Gasteiger partial charge in [0.1, 0.15) is 0 Å². The molecule has 0 aliphatic carbocycles. The number of carboxylic acid groups (broad SMARTS) is 1. The maximum absolute atomic E-state index is 11.6. The Bertz CT molecular complexity index is 836. The third kappa shape index (κ3) is 2.51. The Balaban J connectivity index is 2.25. The van der Waals surface area contributed by atoms with E-state index in [0.717, 1.165) is 28.1 Å². The minimum Gasteiger partial charge on any atom is -0.478 e. The lowest BCUT2D eigenvalue weighted by Crippen LogP contribution is -2.05. The van der Waals surface area contributed by atoms with Crippen molar-refractivity contribution in [3.63, 3.8) is 0 Å². The largest absolute Gasteiger partial charge is 0.478 e. The molecule has 4 heteroatoms. The van der Waals surface area contributed by atoms with E-state index in [1.807, 2.05) is 61.0 Å². The van der Waals surface area contributed by atoms with Crippen molar-refractivity contribution >= 4 is 5.97 Å². The number of aromatic nitrogens is 2. The molecule has 0 aliphatic rings. The Kier molecular flexibility index (Phi) is 3.51. The van der Waals surface area contributed by atoms with Crippen LogP contribution in [0.4, 0.5) is 0 Å². The number of aromatic carboxylic acids is 1. The number of hydrogen-bond donors (Lipinski definition) is 1. The number of carboxylic acids is 1. The van der Waals surface area contributed by atoms with Crippen LogP contribution >= 0.6 is 0 Å². The molecular formula is C18H16N2O2. The van der Waals surface area contributed by atoms with E-state index < -0.39 is 5.97 Å². The second kappa shape index (κ2) is 5.48. The summed E-state index contributed by atoms with van der Waals surface area (Å²) in [5, 5.41) is 9.49. The summed E-state index contributed by atoms with van der Waals surface area (Å²) in [7, 11) is 0. The first kappa shape index (κ1) is 14.1. The van der Waals surface area contributed by atoms with E-state index in [1.54, 1.807) is 12.4 Å². The summed E-state index contributed by atoms with van der Waals surface area (Å²) >= 11 is 0. The molecule has 0 spiro atoms. The number of rotatable bonds is 3. The summed E-state index contributed by atoms with van der Waals surface area (Å²) in [6.45, 7) is 3.73. The van der Waals surface area contributed by atoms with Gasteiger partial charge in [-0.2, -0.15) is 0 Å². The summed E-state index contributed by atoms with van der Waals surface area (Å²) in [6, 6.07) is 13.5. The van der Waals surface area contributed by atoms with Gasteiger partial charge in [0.25, 0.3) is 0 Å². The molecular weight excluding hydrogens is 276 g/mol. The monoisotopic (exact) mass is 292 g/mol. The fourth-order valence-corrected chi connectivity index (χ4v) is 2.54. The number of nitrogens with zero attached hydrogens (tertiary/aromatic N) is 2.